The lowest BCUT2D eigenvalue weighted by molar-refractivity contribution is 0.112. The lowest BCUT2D eigenvalue weighted by Crippen LogP contribution is -2.06. The van der Waals surface area contributed by atoms with Crippen molar-refractivity contribution in [2.45, 2.75) is 26.8 Å². The summed E-state index contributed by atoms with van der Waals surface area (Å²) in [5.74, 6) is 0.681. The summed E-state index contributed by atoms with van der Waals surface area (Å²) in [7, 11) is 0. The van der Waals surface area contributed by atoms with Crippen LogP contribution in [0, 0.1) is 13.8 Å². The van der Waals surface area contributed by atoms with Gasteiger partial charge in [0.25, 0.3) is 0 Å². The van der Waals surface area contributed by atoms with Crippen molar-refractivity contribution in [3.8, 4) is 0 Å². The van der Waals surface area contributed by atoms with Crippen molar-refractivity contribution in [1.29, 1.82) is 0 Å². The molecule has 0 atom stereocenters. The van der Waals surface area contributed by atoms with Crippen molar-refractivity contribution in [1.82, 2.24) is 14.7 Å². The summed E-state index contributed by atoms with van der Waals surface area (Å²) in [4.78, 5) is 14.7. The number of carbonyl (C=O) groups is 1. The van der Waals surface area contributed by atoms with Crippen LogP contribution in [0.15, 0.2) is 17.0 Å². The van der Waals surface area contributed by atoms with Crippen molar-refractivity contribution in [3.63, 3.8) is 0 Å². The van der Waals surface area contributed by atoms with Crippen molar-refractivity contribution in [2.75, 3.05) is 0 Å². The van der Waals surface area contributed by atoms with Gasteiger partial charge in [-0.25, -0.2) is 0 Å². The summed E-state index contributed by atoms with van der Waals surface area (Å²) in [5.41, 5.74) is 2.80. The van der Waals surface area contributed by atoms with Gasteiger partial charge in [0.05, 0.1) is 0 Å². The van der Waals surface area contributed by atoms with Gasteiger partial charge in [0.15, 0.2) is 12.1 Å². The van der Waals surface area contributed by atoms with Crippen LogP contribution in [0.3, 0.4) is 0 Å². The molecule has 0 radical (unpaired) electrons. The molecule has 2 rings (SSSR count). The number of aldehydes is 1. The molecule has 0 aliphatic heterocycles. The molecule has 0 N–H and O–H groups in total. The zero-order valence-electron chi connectivity index (χ0n) is 9.30. The molecule has 5 nitrogen and oxygen atoms in total. The van der Waals surface area contributed by atoms with E-state index >= 15 is 0 Å². The molecular formula is C11H13N3O2. The number of rotatable bonds is 4. The monoisotopic (exact) mass is 219 g/mol. The molecule has 84 valence electrons. The Hall–Kier alpha value is -1.91. The number of hydrogen-bond donors (Lipinski definition) is 0. The molecule has 0 amide bonds. The van der Waals surface area contributed by atoms with Crippen molar-refractivity contribution < 1.29 is 9.32 Å². The highest BCUT2D eigenvalue weighted by Gasteiger charge is 2.08. The molecule has 2 aromatic heterocycles. The summed E-state index contributed by atoms with van der Waals surface area (Å²) in [6.07, 6.45) is 2.90. The number of aryl methyl sites for hydroxylation is 2. The summed E-state index contributed by atoms with van der Waals surface area (Å²) in [6.45, 7) is 4.67. The van der Waals surface area contributed by atoms with Gasteiger partial charge >= 0.3 is 0 Å². The topological polar surface area (TPSA) is 60.9 Å². The van der Waals surface area contributed by atoms with Gasteiger partial charge in [-0.15, -0.1) is 0 Å². The Morgan fingerprint density at radius 2 is 2.31 bits per heavy atom. The fourth-order valence-electron chi connectivity index (χ4n) is 1.81. The number of carbonyl (C=O) groups excluding carboxylic acids is 1. The Bertz CT molecular complexity index is 486. The quantitative estimate of drug-likeness (QED) is 0.732. The van der Waals surface area contributed by atoms with Crippen LogP contribution in [-0.4, -0.2) is 21.0 Å². The molecule has 2 heterocycles. The Labute approximate surface area is 93.1 Å². The third-order valence-electron chi connectivity index (χ3n) is 2.71. The van der Waals surface area contributed by atoms with Gasteiger partial charge in [0, 0.05) is 29.9 Å². The van der Waals surface area contributed by atoms with E-state index in [0.717, 1.165) is 29.8 Å². The molecule has 0 fully saturated rings. The van der Waals surface area contributed by atoms with Crippen molar-refractivity contribution in [2.24, 2.45) is 0 Å². The first-order chi connectivity index (χ1) is 7.72. The Balaban J connectivity index is 2.15. The van der Waals surface area contributed by atoms with Crippen LogP contribution in [0.2, 0.25) is 0 Å². The Kier molecular flexibility index (Phi) is 2.85. The van der Waals surface area contributed by atoms with Crippen LogP contribution in [0.1, 0.15) is 27.6 Å². The molecule has 0 saturated carbocycles. The third-order valence-corrected chi connectivity index (χ3v) is 2.71. The average molecular weight is 219 g/mol. The van der Waals surface area contributed by atoms with E-state index < -0.39 is 0 Å². The van der Waals surface area contributed by atoms with Gasteiger partial charge in [-0.3, -0.25) is 4.79 Å². The molecule has 0 aliphatic carbocycles. The molecule has 0 spiro atoms. The fraction of sp³-hybridized carbons (Fsp3) is 0.364. The zero-order chi connectivity index (χ0) is 11.5. The standard InChI is InChI=1S/C11H13N3O2/c1-8-5-10(6-15)9(2)14(8)4-3-11-12-7-16-13-11/h5-7H,3-4H2,1-2H3. The molecule has 0 saturated heterocycles. The summed E-state index contributed by atoms with van der Waals surface area (Å²) < 4.78 is 6.75. The first kappa shape index (κ1) is 10.6. The van der Waals surface area contributed by atoms with Gasteiger partial charge in [-0.1, -0.05) is 5.16 Å². The van der Waals surface area contributed by atoms with Crippen molar-refractivity contribution >= 4 is 6.29 Å². The maximum Gasteiger partial charge on any atom is 0.213 e. The smallest absolute Gasteiger partial charge is 0.213 e. The van der Waals surface area contributed by atoms with E-state index in [1.165, 1.54) is 6.39 Å². The SMILES string of the molecule is Cc1cc(C=O)c(C)n1CCc1ncon1. The molecule has 2 aromatic rings. The predicted molar refractivity (Wildman–Crippen MR) is 57.3 cm³/mol. The largest absolute Gasteiger partial charge is 0.348 e. The summed E-state index contributed by atoms with van der Waals surface area (Å²) >= 11 is 0. The molecule has 5 heteroatoms. The number of nitrogens with zero attached hydrogens (tertiary/aromatic N) is 3. The second kappa shape index (κ2) is 4.30. The molecular weight excluding hydrogens is 206 g/mol. The summed E-state index contributed by atoms with van der Waals surface area (Å²) in [5, 5.41) is 3.75. The van der Waals surface area contributed by atoms with Gasteiger partial charge in [-0.2, -0.15) is 4.98 Å². The lowest BCUT2D eigenvalue weighted by Gasteiger charge is -2.07. The second-order valence-corrected chi connectivity index (χ2v) is 3.69. The van der Waals surface area contributed by atoms with Crippen LogP contribution in [0.4, 0.5) is 0 Å². The van der Waals surface area contributed by atoms with Crippen LogP contribution in [0.25, 0.3) is 0 Å². The van der Waals surface area contributed by atoms with E-state index in [0.29, 0.717) is 12.2 Å². The summed E-state index contributed by atoms with van der Waals surface area (Å²) in [6, 6.07) is 1.89. The van der Waals surface area contributed by atoms with Gasteiger partial charge in [0.1, 0.15) is 0 Å². The highest BCUT2D eigenvalue weighted by molar-refractivity contribution is 5.77. The average Bonchev–Trinajstić information content (AvgIpc) is 2.86. The molecule has 0 aliphatic rings. The van der Waals surface area contributed by atoms with Gasteiger partial charge < -0.3 is 9.09 Å². The zero-order valence-corrected chi connectivity index (χ0v) is 9.30. The number of aromatic nitrogens is 3. The van der Waals surface area contributed by atoms with Crippen LogP contribution < -0.4 is 0 Å². The van der Waals surface area contributed by atoms with Crippen LogP contribution in [-0.2, 0) is 13.0 Å². The highest BCUT2D eigenvalue weighted by atomic mass is 16.5. The highest BCUT2D eigenvalue weighted by Crippen LogP contribution is 2.13. The Morgan fingerprint density at radius 3 is 2.88 bits per heavy atom. The van der Waals surface area contributed by atoms with E-state index in [-0.39, 0.29) is 0 Å². The van der Waals surface area contributed by atoms with E-state index in [2.05, 4.69) is 19.2 Å². The Morgan fingerprint density at radius 1 is 1.50 bits per heavy atom. The number of hydrogen-bond acceptors (Lipinski definition) is 4. The normalized spacial score (nSPS) is 10.6. The minimum absolute atomic E-state index is 0.681. The first-order valence-electron chi connectivity index (χ1n) is 5.09. The predicted octanol–water partition coefficient (Wildman–Crippen LogP) is 1.54. The minimum Gasteiger partial charge on any atom is -0.348 e. The third kappa shape index (κ3) is 1.88. The maximum absolute atomic E-state index is 10.8. The molecule has 16 heavy (non-hydrogen) atoms. The van der Waals surface area contributed by atoms with E-state index in [4.69, 9.17) is 0 Å². The van der Waals surface area contributed by atoms with Gasteiger partial charge in [-0.05, 0) is 19.9 Å². The van der Waals surface area contributed by atoms with E-state index in [1.54, 1.807) is 0 Å². The maximum atomic E-state index is 10.8. The van der Waals surface area contributed by atoms with Crippen molar-refractivity contribution in [3.05, 3.63) is 35.2 Å². The fourth-order valence-corrected chi connectivity index (χ4v) is 1.81. The van der Waals surface area contributed by atoms with E-state index in [1.807, 2.05) is 19.9 Å². The molecule has 0 bridgehead atoms. The molecule has 0 unspecified atom stereocenters. The van der Waals surface area contributed by atoms with Crippen LogP contribution in [0.5, 0.6) is 0 Å². The second-order valence-electron chi connectivity index (χ2n) is 3.69. The first-order valence-corrected chi connectivity index (χ1v) is 5.09. The lowest BCUT2D eigenvalue weighted by atomic mass is 10.3. The minimum atomic E-state index is 0.681. The van der Waals surface area contributed by atoms with E-state index in [9.17, 15) is 4.79 Å². The van der Waals surface area contributed by atoms with Crippen LogP contribution >= 0.6 is 0 Å². The van der Waals surface area contributed by atoms with Gasteiger partial charge in [0.2, 0.25) is 6.39 Å². The molecule has 0 aromatic carbocycles.